The molecule has 6 heteroatoms. The van der Waals surface area contributed by atoms with E-state index in [-0.39, 0.29) is 5.91 Å². The van der Waals surface area contributed by atoms with Gasteiger partial charge in [0.1, 0.15) is 0 Å². The van der Waals surface area contributed by atoms with Crippen LogP contribution in [0, 0.1) is 0 Å². The van der Waals surface area contributed by atoms with Crippen molar-refractivity contribution in [2.45, 2.75) is 13.3 Å². The highest BCUT2D eigenvalue weighted by molar-refractivity contribution is 7.80. The third kappa shape index (κ3) is 3.56. The van der Waals surface area contributed by atoms with Gasteiger partial charge in [-0.05, 0) is 24.8 Å². The molecule has 1 aromatic heterocycles. The van der Waals surface area contributed by atoms with Crippen LogP contribution in [-0.2, 0) is 4.79 Å². The van der Waals surface area contributed by atoms with Crippen LogP contribution in [0.15, 0.2) is 18.3 Å². The molecule has 0 unspecified atom stereocenters. The van der Waals surface area contributed by atoms with E-state index in [1.165, 1.54) is 0 Å². The number of aromatic nitrogens is 1. The predicted octanol–water partition coefficient (Wildman–Crippen LogP) is 1.45. The van der Waals surface area contributed by atoms with Gasteiger partial charge in [0.2, 0.25) is 5.91 Å². The molecular weight excluding hydrogens is 274 g/mol. The minimum Gasteiger partial charge on any atom is -0.490 e. The molecule has 20 heavy (non-hydrogen) atoms. The van der Waals surface area contributed by atoms with Crippen molar-refractivity contribution in [3.8, 4) is 5.75 Å². The molecule has 0 radical (unpaired) electrons. The number of amides is 1. The predicted molar refractivity (Wildman–Crippen MR) is 82.7 cm³/mol. The van der Waals surface area contributed by atoms with Crippen LogP contribution in [-0.4, -0.2) is 54.3 Å². The lowest BCUT2D eigenvalue weighted by Gasteiger charge is -2.35. The molecule has 5 nitrogen and oxygen atoms in total. The summed E-state index contributed by atoms with van der Waals surface area (Å²) in [5.41, 5.74) is 0. The van der Waals surface area contributed by atoms with Gasteiger partial charge in [0.15, 0.2) is 11.6 Å². The Bertz CT molecular complexity index is 448. The zero-order valence-corrected chi connectivity index (χ0v) is 12.7. The minimum absolute atomic E-state index is 0.186. The van der Waals surface area contributed by atoms with Crippen molar-refractivity contribution in [2.24, 2.45) is 0 Å². The number of carbonyl (C=O) groups excluding carboxylic acids is 1. The first kappa shape index (κ1) is 15.0. The summed E-state index contributed by atoms with van der Waals surface area (Å²) < 4.78 is 5.61. The van der Waals surface area contributed by atoms with Crippen molar-refractivity contribution in [2.75, 3.05) is 43.4 Å². The molecule has 0 aliphatic carbocycles. The zero-order chi connectivity index (χ0) is 14.4. The molecule has 1 aromatic rings. The number of nitrogens with zero attached hydrogens (tertiary/aromatic N) is 3. The first-order valence-corrected chi connectivity index (χ1v) is 7.61. The number of carbonyl (C=O) groups is 1. The maximum Gasteiger partial charge on any atom is 0.223 e. The summed E-state index contributed by atoms with van der Waals surface area (Å²) in [5.74, 6) is 2.47. The maximum atomic E-state index is 11.8. The molecule has 0 atom stereocenters. The number of rotatable bonds is 5. The molecule has 1 fully saturated rings. The van der Waals surface area contributed by atoms with E-state index in [2.05, 4.69) is 22.5 Å². The molecule has 0 spiro atoms. The molecule has 2 heterocycles. The van der Waals surface area contributed by atoms with E-state index in [1.807, 2.05) is 24.0 Å². The summed E-state index contributed by atoms with van der Waals surface area (Å²) in [7, 11) is 0. The third-order valence-electron chi connectivity index (χ3n) is 3.31. The second kappa shape index (κ2) is 7.38. The van der Waals surface area contributed by atoms with Gasteiger partial charge >= 0.3 is 0 Å². The summed E-state index contributed by atoms with van der Waals surface area (Å²) in [6, 6.07) is 3.81. The number of anilines is 1. The van der Waals surface area contributed by atoms with E-state index in [0.29, 0.717) is 18.8 Å². The highest BCUT2D eigenvalue weighted by atomic mass is 32.1. The van der Waals surface area contributed by atoms with Crippen LogP contribution in [0.5, 0.6) is 5.75 Å². The van der Waals surface area contributed by atoms with Crippen LogP contribution in [0.4, 0.5) is 5.82 Å². The van der Waals surface area contributed by atoms with Crippen molar-refractivity contribution >= 4 is 24.4 Å². The van der Waals surface area contributed by atoms with E-state index in [1.54, 1.807) is 6.20 Å². The van der Waals surface area contributed by atoms with Crippen LogP contribution >= 0.6 is 12.6 Å². The summed E-state index contributed by atoms with van der Waals surface area (Å²) in [6.45, 7) is 5.62. The monoisotopic (exact) mass is 295 g/mol. The van der Waals surface area contributed by atoms with Crippen molar-refractivity contribution in [1.82, 2.24) is 9.88 Å². The fraction of sp³-hybridized carbons (Fsp3) is 0.571. The summed E-state index contributed by atoms with van der Waals surface area (Å²) in [4.78, 5) is 20.3. The van der Waals surface area contributed by atoms with E-state index in [0.717, 1.165) is 37.7 Å². The lowest BCUT2D eigenvalue weighted by molar-refractivity contribution is -0.131. The first-order valence-electron chi connectivity index (χ1n) is 6.97. The van der Waals surface area contributed by atoms with Gasteiger partial charge in [0, 0.05) is 38.8 Å². The molecule has 1 saturated heterocycles. The second-order valence-electron chi connectivity index (χ2n) is 4.60. The smallest absolute Gasteiger partial charge is 0.223 e. The Labute approximate surface area is 125 Å². The standard InChI is InChI=1S/C14H21N3O2S/c1-2-19-12-4-3-6-15-14(12)17-9-7-16(8-10-17)13(18)5-11-20/h3-4,6,20H,2,5,7-11H2,1H3. The van der Waals surface area contributed by atoms with Crippen LogP contribution in [0.3, 0.4) is 0 Å². The molecule has 1 amide bonds. The number of pyridine rings is 1. The quantitative estimate of drug-likeness (QED) is 0.835. The van der Waals surface area contributed by atoms with Gasteiger partial charge in [0.05, 0.1) is 6.61 Å². The summed E-state index contributed by atoms with van der Waals surface area (Å²) >= 11 is 4.11. The van der Waals surface area contributed by atoms with Crippen LogP contribution in [0.2, 0.25) is 0 Å². The fourth-order valence-electron chi connectivity index (χ4n) is 2.31. The summed E-state index contributed by atoms with van der Waals surface area (Å²) in [5, 5.41) is 0. The molecule has 2 rings (SSSR count). The van der Waals surface area contributed by atoms with E-state index < -0.39 is 0 Å². The van der Waals surface area contributed by atoms with Crippen molar-refractivity contribution in [3.63, 3.8) is 0 Å². The number of thiol groups is 1. The molecular formula is C14H21N3O2S. The van der Waals surface area contributed by atoms with Crippen LogP contribution in [0.25, 0.3) is 0 Å². The normalized spacial score (nSPS) is 15.3. The van der Waals surface area contributed by atoms with Gasteiger partial charge < -0.3 is 14.5 Å². The molecule has 1 aliphatic rings. The second-order valence-corrected chi connectivity index (χ2v) is 5.05. The Morgan fingerprint density at radius 2 is 2.15 bits per heavy atom. The highest BCUT2D eigenvalue weighted by Crippen LogP contribution is 2.26. The number of piperazine rings is 1. The molecule has 0 aromatic carbocycles. The number of hydrogen-bond acceptors (Lipinski definition) is 5. The minimum atomic E-state index is 0.186. The average Bonchev–Trinajstić information content (AvgIpc) is 2.49. The van der Waals surface area contributed by atoms with Crippen molar-refractivity contribution in [1.29, 1.82) is 0 Å². The van der Waals surface area contributed by atoms with E-state index in [9.17, 15) is 4.79 Å². The SMILES string of the molecule is CCOc1cccnc1N1CCN(C(=O)CCS)CC1. The Balaban J connectivity index is 1.98. The maximum absolute atomic E-state index is 11.8. The largest absolute Gasteiger partial charge is 0.490 e. The van der Waals surface area contributed by atoms with Gasteiger partial charge in [-0.25, -0.2) is 4.98 Å². The average molecular weight is 295 g/mol. The first-order chi connectivity index (χ1) is 9.76. The van der Waals surface area contributed by atoms with Crippen LogP contribution < -0.4 is 9.64 Å². The molecule has 0 bridgehead atoms. The lowest BCUT2D eigenvalue weighted by Crippen LogP contribution is -2.49. The van der Waals surface area contributed by atoms with Gasteiger partial charge in [0.25, 0.3) is 0 Å². The number of hydrogen-bond donors (Lipinski definition) is 1. The number of ether oxygens (including phenoxy) is 1. The highest BCUT2D eigenvalue weighted by Gasteiger charge is 2.23. The Morgan fingerprint density at radius 3 is 2.80 bits per heavy atom. The lowest BCUT2D eigenvalue weighted by atomic mass is 10.2. The van der Waals surface area contributed by atoms with Crippen molar-refractivity contribution in [3.05, 3.63) is 18.3 Å². The Morgan fingerprint density at radius 1 is 1.40 bits per heavy atom. The van der Waals surface area contributed by atoms with Crippen LogP contribution in [0.1, 0.15) is 13.3 Å². The van der Waals surface area contributed by atoms with Gasteiger partial charge in [-0.2, -0.15) is 12.6 Å². The summed E-state index contributed by atoms with van der Waals surface area (Å²) in [6.07, 6.45) is 2.28. The third-order valence-corrected chi connectivity index (χ3v) is 3.53. The van der Waals surface area contributed by atoms with Gasteiger partial charge in [-0.3, -0.25) is 4.79 Å². The van der Waals surface area contributed by atoms with E-state index in [4.69, 9.17) is 4.74 Å². The van der Waals surface area contributed by atoms with Gasteiger partial charge in [-0.15, -0.1) is 0 Å². The molecule has 0 saturated carbocycles. The Hall–Kier alpha value is -1.43. The molecule has 0 N–H and O–H groups in total. The Kier molecular flexibility index (Phi) is 5.52. The topological polar surface area (TPSA) is 45.7 Å². The molecule has 1 aliphatic heterocycles. The zero-order valence-electron chi connectivity index (χ0n) is 11.8. The van der Waals surface area contributed by atoms with E-state index >= 15 is 0 Å². The fourth-order valence-corrected chi connectivity index (χ4v) is 2.50. The molecule has 110 valence electrons. The van der Waals surface area contributed by atoms with Gasteiger partial charge in [-0.1, -0.05) is 0 Å². The van der Waals surface area contributed by atoms with Crippen molar-refractivity contribution < 1.29 is 9.53 Å².